The lowest BCUT2D eigenvalue weighted by atomic mass is 10.2. The van der Waals surface area contributed by atoms with E-state index < -0.39 is 21.0 Å². The second-order valence-corrected chi connectivity index (χ2v) is 9.15. The maximum atomic E-state index is 12.6. The molecular weight excluding hydrogens is 420 g/mol. The smallest absolute Gasteiger partial charge is 0.282 e. The Kier molecular flexibility index (Phi) is 7.16. The van der Waals surface area contributed by atoms with Crippen LogP contribution in [-0.4, -0.2) is 55.8 Å². The Morgan fingerprint density at radius 3 is 2.48 bits per heavy atom. The van der Waals surface area contributed by atoms with Gasteiger partial charge in [-0.3, -0.25) is 14.9 Å². The van der Waals surface area contributed by atoms with E-state index in [1.165, 1.54) is 27.9 Å². The number of hydrogen-bond donors (Lipinski definition) is 2. The average Bonchev–Trinajstić information content (AvgIpc) is 2.78. The number of nitrogens with one attached hydrogen (secondary N) is 2. The molecule has 9 nitrogen and oxygen atoms in total. The summed E-state index contributed by atoms with van der Waals surface area (Å²) in [5, 5.41) is 14.8. The van der Waals surface area contributed by atoms with E-state index in [1.54, 1.807) is 19.1 Å². The first kappa shape index (κ1) is 22.6. The Morgan fingerprint density at radius 1 is 1.16 bits per heavy atom. The summed E-state index contributed by atoms with van der Waals surface area (Å²) in [4.78, 5) is 23.9. The predicted octanol–water partition coefficient (Wildman–Crippen LogP) is 1.12. The Labute approximate surface area is 181 Å². The van der Waals surface area contributed by atoms with Gasteiger partial charge >= 0.3 is 0 Å². The number of anilines is 1. The van der Waals surface area contributed by atoms with Crippen LogP contribution in [0.3, 0.4) is 0 Å². The van der Waals surface area contributed by atoms with E-state index >= 15 is 0 Å². The SMILES string of the molecule is C[C@H](C(=O)Nc1cccc([N+](=O)[O-])c1)[NH+]1CCN(S(=O)(=O)/C=C/c2ccccc2)CC1. The molecule has 0 bridgehead atoms. The van der Waals surface area contributed by atoms with Crippen molar-refractivity contribution < 1.29 is 23.0 Å². The van der Waals surface area contributed by atoms with E-state index in [1.807, 2.05) is 30.3 Å². The first-order chi connectivity index (χ1) is 14.8. The van der Waals surface area contributed by atoms with Crippen LogP contribution >= 0.6 is 0 Å². The standard InChI is InChI=1S/C21H24N4O5S/c1-17(21(26)22-19-8-5-9-20(16-19)25(27)28)23-11-13-24(14-12-23)31(29,30)15-10-18-6-3-2-4-7-18/h2-10,15-17H,11-14H2,1H3,(H,22,26)/p+1/b15-10+/t17-/m1/s1. The van der Waals surface area contributed by atoms with Gasteiger partial charge in [-0.2, -0.15) is 4.31 Å². The highest BCUT2D eigenvalue weighted by Crippen LogP contribution is 2.17. The van der Waals surface area contributed by atoms with Crippen molar-refractivity contribution in [1.29, 1.82) is 0 Å². The van der Waals surface area contributed by atoms with Crippen molar-refractivity contribution in [3.05, 3.63) is 75.7 Å². The summed E-state index contributed by atoms with van der Waals surface area (Å²) in [6.07, 6.45) is 1.57. The van der Waals surface area contributed by atoms with Crippen LogP contribution in [0.2, 0.25) is 0 Å². The van der Waals surface area contributed by atoms with Crippen LogP contribution in [0.5, 0.6) is 0 Å². The Morgan fingerprint density at radius 2 is 1.84 bits per heavy atom. The molecule has 3 rings (SSSR count). The molecule has 0 saturated carbocycles. The van der Waals surface area contributed by atoms with E-state index in [4.69, 9.17) is 0 Å². The minimum atomic E-state index is -3.54. The number of nitrogens with zero attached hydrogens (tertiary/aromatic N) is 2. The van der Waals surface area contributed by atoms with Crippen LogP contribution in [0.4, 0.5) is 11.4 Å². The molecule has 0 aromatic heterocycles. The van der Waals surface area contributed by atoms with Crippen LogP contribution in [0, 0.1) is 10.1 Å². The molecule has 0 aliphatic carbocycles. The molecule has 1 heterocycles. The summed E-state index contributed by atoms with van der Waals surface area (Å²) in [5.41, 5.74) is 1.07. The molecular formula is C21H25N4O5S+. The Hall–Kier alpha value is -3.08. The fourth-order valence-electron chi connectivity index (χ4n) is 3.41. The summed E-state index contributed by atoms with van der Waals surface area (Å²) >= 11 is 0. The zero-order chi connectivity index (χ0) is 22.4. The van der Waals surface area contributed by atoms with Crippen molar-refractivity contribution in [2.45, 2.75) is 13.0 Å². The predicted molar refractivity (Wildman–Crippen MR) is 118 cm³/mol. The third-order valence-electron chi connectivity index (χ3n) is 5.29. The number of nitro groups is 1. The number of quaternary nitrogens is 1. The van der Waals surface area contributed by atoms with Crippen LogP contribution in [0.15, 0.2) is 60.0 Å². The lowest BCUT2D eigenvalue weighted by molar-refractivity contribution is -0.917. The average molecular weight is 446 g/mol. The van der Waals surface area contributed by atoms with E-state index in [0.717, 1.165) is 10.5 Å². The van der Waals surface area contributed by atoms with Crippen molar-refractivity contribution in [2.75, 3.05) is 31.5 Å². The van der Waals surface area contributed by atoms with Gasteiger partial charge in [0.05, 0.1) is 31.1 Å². The van der Waals surface area contributed by atoms with Gasteiger partial charge in [0.2, 0.25) is 10.0 Å². The lowest BCUT2D eigenvalue weighted by Gasteiger charge is -2.33. The van der Waals surface area contributed by atoms with E-state index in [0.29, 0.717) is 31.9 Å². The fourth-order valence-corrected chi connectivity index (χ4v) is 4.60. The Bertz CT molecular complexity index is 1060. The zero-order valence-electron chi connectivity index (χ0n) is 17.1. The molecule has 2 aromatic rings. The van der Waals surface area contributed by atoms with Crippen molar-refractivity contribution >= 4 is 33.4 Å². The van der Waals surface area contributed by atoms with Gasteiger partial charge < -0.3 is 10.2 Å². The van der Waals surface area contributed by atoms with Gasteiger partial charge in [-0.15, -0.1) is 0 Å². The minimum absolute atomic E-state index is 0.0971. The van der Waals surface area contributed by atoms with Crippen LogP contribution in [-0.2, 0) is 14.8 Å². The van der Waals surface area contributed by atoms with Gasteiger partial charge in [0.1, 0.15) is 0 Å². The molecule has 1 aliphatic heterocycles. The maximum Gasteiger partial charge on any atom is 0.282 e. The number of hydrogen-bond acceptors (Lipinski definition) is 5. The van der Waals surface area contributed by atoms with E-state index in [2.05, 4.69) is 5.32 Å². The van der Waals surface area contributed by atoms with Gasteiger partial charge in [-0.05, 0) is 24.6 Å². The fraction of sp³-hybridized carbons (Fsp3) is 0.286. The van der Waals surface area contributed by atoms with Gasteiger partial charge in [-0.25, -0.2) is 8.42 Å². The zero-order valence-corrected chi connectivity index (χ0v) is 17.9. The molecule has 2 N–H and O–H groups in total. The van der Waals surface area contributed by atoms with Crippen molar-refractivity contribution in [3.8, 4) is 0 Å². The number of carbonyl (C=O) groups is 1. The van der Waals surface area contributed by atoms with Crippen molar-refractivity contribution in [2.24, 2.45) is 0 Å². The molecule has 1 atom stereocenters. The molecule has 2 aromatic carbocycles. The van der Waals surface area contributed by atoms with Crippen molar-refractivity contribution in [1.82, 2.24) is 4.31 Å². The van der Waals surface area contributed by atoms with Crippen LogP contribution in [0.1, 0.15) is 12.5 Å². The molecule has 0 radical (unpaired) electrons. The number of rotatable bonds is 7. The highest BCUT2D eigenvalue weighted by atomic mass is 32.2. The van der Waals surface area contributed by atoms with Crippen molar-refractivity contribution in [3.63, 3.8) is 0 Å². The molecule has 1 aliphatic rings. The second-order valence-electron chi connectivity index (χ2n) is 7.33. The molecule has 164 valence electrons. The molecule has 1 amide bonds. The third kappa shape index (κ3) is 5.97. The molecule has 10 heteroatoms. The summed E-state index contributed by atoms with van der Waals surface area (Å²) in [6.45, 7) is 3.36. The number of amides is 1. The number of sulfonamides is 1. The van der Waals surface area contributed by atoms with Gasteiger partial charge in [0, 0.05) is 23.2 Å². The van der Waals surface area contributed by atoms with Gasteiger partial charge in [-0.1, -0.05) is 36.4 Å². The van der Waals surface area contributed by atoms with Crippen LogP contribution in [0.25, 0.3) is 6.08 Å². The maximum absolute atomic E-state index is 12.6. The summed E-state index contributed by atoms with van der Waals surface area (Å²) in [7, 11) is -3.54. The number of non-ortho nitro benzene ring substituents is 1. The summed E-state index contributed by atoms with van der Waals surface area (Å²) < 4.78 is 26.6. The summed E-state index contributed by atoms with van der Waals surface area (Å²) in [6, 6.07) is 14.6. The topological polar surface area (TPSA) is 114 Å². The van der Waals surface area contributed by atoms with Gasteiger partial charge in [0.15, 0.2) is 6.04 Å². The number of carbonyl (C=O) groups excluding carboxylic acids is 1. The van der Waals surface area contributed by atoms with Gasteiger partial charge in [0.25, 0.3) is 11.6 Å². The molecule has 31 heavy (non-hydrogen) atoms. The molecule has 0 unspecified atom stereocenters. The highest BCUT2D eigenvalue weighted by Gasteiger charge is 2.32. The minimum Gasteiger partial charge on any atom is -0.323 e. The summed E-state index contributed by atoms with van der Waals surface area (Å²) in [5.74, 6) is -0.268. The van der Waals surface area contributed by atoms with Crippen LogP contribution < -0.4 is 10.2 Å². The van der Waals surface area contributed by atoms with E-state index in [9.17, 15) is 23.3 Å². The first-order valence-electron chi connectivity index (χ1n) is 9.89. The number of piperazine rings is 1. The molecule has 1 saturated heterocycles. The Balaban J connectivity index is 1.56. The lowest BCUT2D eigenvalue weighted by Crippen LogP contribution is -3.19. The number of nitro benzene ring substituents is 1. The highest BCUT2D eigenvalue weighted by molar-refractivity contribution is 7.92. The monoisotopic (exact) mass is 445 g/mol. The second kappa shape index (κ2) is 9.82. The quantitative estimate of drug-likeness (QED) is 0.490. The molecule has 1 fully saturated rings. The third-order valence-corrected chi connectivity index (χ3v) is 6.85. The number of benzene rings is 2. The largest absolute Gasteiger partial charge is 0.323 e. The first-order valence-corrected chi connectivity index (χ1v) is 11.4. The normalized spacial score (nSPS) is 16.8. The molecule has 0 spiro atoms. The van der Waals surface area contributed by atoms with E-state index in [-0.39, 0.29) is 11.6 Å².